The van der Waals surface area contributed by atoms with Gasteiger partial charge in [0.2, 0.25) is 0 Å². The third-order valence-electron chi connectivity index (χ3n) is 6.75. The van der Waals surface area contributed by atoms with E-state index in [2.05, 4.69) is 44.9 Å². The smallest absolute Gasteiger partial charge is 0.153 e. The molecule has 0 spiro atoms. The third-order valence-corrected chi connectivity index (χ3v) is 7.52. The van der Waals surface area contributed by atoms with Gasteiger partial charge in [-0.2, -0.15) is 0 Å². The molecular formula is C28H46N6O4P2. The van der Waals surface area contributed by atoms with Gasteiger partial charge in [-0.25, -0.2) is 19.9 Å². The third kappa shape index (κ3) is 13.5. The summed E-state index contributed by atoms with van der Waals surface area (Å²) >= 11 is 0. The lowest BCUT2D eigenvalue weighted by Crippen LogP contribution is -2.22. The summed E-state index contributed by atoms with van der Waals surface area (Å²) < 4.78 is 10.0. The average Bonchev–Trinajstić information content (AvgIpc) is 3.41. The van der Waals surface area contributed by atoms with E-state index in [1.807, 2.05) is 24.1 Å². The second kappa shape index (κ2) is 20.8. The Morgan fingerprint density at radius 1 is 0.975 bits per heavy atom. The van der Waals surface area contributed by atoms with Crippen LogP contribution in [0.2, 0.25) is 0 Å². The van der Waals surface area contributed by atoms with Gasteiger partial charge in [0, 0.05) is 39.1 Å². The van der Waals surface area contributed by atoms with Crippen LogP contribution in [0.25, 0.3) is 12.2 Å². The number of aromatic nitrogens is 4. The molecule has 2 aromatic heterocycles. The Labute approximate surface area is 243 Å². The summed E-state index contributed by atoms with van der Waals surface area (Å²) in [6.07, 6.45) is 18.1. The van der Waals surface area contributed by atoms with Crippen molar-refractivity contribution in [1.29, 1.82) is 0 Å². The maximum atomic E-state index is 8.71. The van der Waals surface area contributed by atoms with E-state index in [1.165, 1.54) is 44.9 Å². The number of likely N-dealkylation sites (N-methyl/N-ethyl adjacent to an activating group) is 1. The molecule has 0 amide bonds. The molecule has 0 aromatic carbocycles. The zero-order chi connectivity index (χ0) is 29.0. The van der Waals surface area contributed by atoms with Crippen LogP contribution in [-0.4, -0.2) is 69.1 Å². The second-order valence-electron chi connectivity index (χ2n) is 9.83. The maximum absolute atomic E-state index is 8.71. The molecule has 3 heterocycles. The molecule has 3 aliphatic rings. The van der Waals surface area contributed by atoms with Crippen LogP contribution in [-0.2, 0) is 9.05 Å². The van der Waals surface area contributed by atoms with Gasteiger partial charge < -0.3 is 28.6 Å². The van der Waals surface area contributed by atoms with Gasteiger partial charge in [-0.1, -0.05) is 65.0 Å². The normalized spacial score (nSPS) is 18.0. The van der Waals surface area contributed by atoms with Crippen LogP contribution in [0.4, 0.5) is 11.6 Å². The van der Waals surface area contributed by atoms with Gasteiger partial charge in [-0.15, -0.1) is 0 Å². The van der Waals surface area contributed by atoms with Crippen molar-refractivity contribution in [2.24, 2.45) is 5.92 Å². The van der Waals surface area contributed by atoms with Crippen molar-refractivity contribution < 1.29 is 18.8 Å². The van der Waals surface area contributed by atoms with E-state index in [1.54, 1.807) is 24.5 Å². The highest BCUT2D eigenvalue weighted by atomic mass is 31.1. The van der Waals surface area contributed by atoms with Crippen molar-refractivity contribution >= 4 is 41.9 Å². The Kier molecular flexibility index (Phi) is 17.7. The highest BCUT2D eigenvalue weighted by molar-refractivity contribution is 7.25. The van der Waals surface area contributed by atoms with Gasteiger partial charge in [-0.05, 0) is 36.6 Å². The minimum Gasteiger partial charge on any atom is -0.357 e. The molecule has 12 heteroatoms. The first kappa shape index (κ1) is 34.1. The minimum absolute atomic E-state index is 0.102. The molecule has 10 nitrogen and oxygen atoms in total. The van der Waals surface area contributed by atoms with Crippen molar-refractivity contribution in [2.75, 3.05) is 43.1 Å². The molecule has 2 aliphatic carbocycles. The average molecular weight is 593 g/mol. The molecular weight excluding hydrogens is 546 g/mol. The molecule has 2 aromatic rings. The lowest BCUT2D eigenvalue weighted by molar-refractivity contribution is 0.236. The number of anilines is 2. The zero-order valence-corrected chi connectivity index (χ0v) is 25.9. The predicted octanol–water partition coefficient (Wildman–Crippen LogP) is 5.66. The lowest BCUT2D eigenvalue weighted by Gasteiger charge is -2.18. The van der Waals surface area contributed by atoms with Gasteiger partial charge in [0.25, 0.3) is 0 Å². The zero-order valence-electron chi connectivity index (χ0n) is 23.9. The fourth-order valence-corrected chi connectivity index (χ4v) is 4.15. The van der Waals surface area contributed by atoms with Crippen LogP contribution in [0.1, 0.15) is 69.9 Å². The van der Waals surface area contributed by atoms with Gasteiger partial charge in [0.15, 0.2) is 29.7 Å². The maximum Gasteiger partial charge on any atom is 0.153 e. The van der Waals surface area contributed by atoms with Crippen LogP contribution in [0.3, 0.4) is 0 Å². The van der Waals surface area contributed by atoms with Crippen molar-refractivity contribution in [2.45, 2.75) is 64.4 Å². The molecule has 5 rings (SSSR count). The summed E-state index contributed by atoms with van der Waals surface area (Å²) in [5, 5.41) is 0. The SMILES string of the molecule is C1CCC1.C=Cc1nccc(N(C)CCOPO)n1.C=Cc1nccc(N2CCC(OPO)C2)n1.CC1CCC1. The molecule has 40 heavy (non-hydrogen) atoms. The summed E-state index contributed by atoms with van der Waals surface area (Å²) in [6, 6.07) is 3.69. The van der Waals surface area contributed by atoms with Crippen molar-refractivity contribution in [3.63, 3.8) is 0 Å². The Bertz CT molecular complexity index is 977. The second-order valence-corrected chi connectivity index (χ2v) is 10.7. The fourth-order valence-electron chi connectivity index (χ4n) is 3.63. The quantitative estimate of drug-likeness (QED) is 0.265. The molecule has 2 N–H and O–H groups in total. The van der Waals surface area contributed by atoms with E-state index < -0.39 is 18.1 Å². The predicted molar refractivity (Wildman–Crippen MR) is 168 cm³/mol. The van der Waals surface area contributed by atoms with Crippen LogP contribution in [0.15, 0.2) is 37.7 Å². The molecule has 3 atom stereocenters. The molecule has 3 unspecified atom stereocenters. The van der Waals surface area contributed by atoms with Gasteiger partial charge >= 0.3 is 0 Å². The fraction of sp³-hybridized carbons (Fsp3) is 0.571. The molecule has 0 bridgehead atoms. The molecule has 0 radical (unpaired) electrons. The van der Waals surface area contributed by atoms with Crippen LogP contribution in [0.5, 0.6) is 0 Å². The van der Waals surface area contributed by atoms with Crippen LogP contribution >= 0.6 is 18.1 Å². The first-order valence-electron chi connectivity index (χ1n) is 13.9. The topological polar surface area (TPSA) is 117 Å². The van der Waals surface area contributed by atoms with E-state index in [0.717, 1.165) is 37.1 Å². The van der Waals surface area contributed by atoms with Crippen molar-refractivity contribution in [1.82, 2.24) is 19.9 Å². The minimum atomic E-state index is -0.463. The van der Waals surface area contributed by atoms with Crippen molar-refractivity contribution in [3.05, 3.63) is 49.3 Å². The van der Waals surface area contributed by atoms with E-state index in [-0.39, 0.29) is 6.10 Å². The summed E-state index contributed by atoms with van der Waals surface area (Å²) in [5.41, 5.74) is 0. The highest BCUT2D eigenvalue weighted by Gasteiger charge is 2.24. The van der Waals surface area contributed by atoms with E-state index in [0.29, 0.717) is 24.8 Å². The first-order valence-corrected chi connectivity index (χ1v) is 15.6. The Balaban J connectivity index is 0.000000214. The number of rotatable bonds is 10. The molecule has 222 valence electrons. The standard InChI is InChI=1S/C10H14N3O2P.C9H14N3O2P.C5H10.C4H8/c1-2-9-11-5-3-10(12-9)13-6-4-8(7-13)15-16-14;1-3-8-10-5-4-9(11-8)12(2)6-7-14-15-13;1-5-3-2-4-5;1-2-4-3-1/h2-3,5,8,14,16H,1,4,6-7H2;3-5,13,15H,1,6-7H2,2H3;5H,2-4H2,1H3;1-4H2. The summed E-state index contributed by atoms with van der Waals surface area (Å²) in [6.45, 7) is 12.4. The summed E-state index contributed by atoms with van der Waals surface area (Å²) in [7, 11) is 1.00. The van der Waals surface area contributed by atoms with E-state index in [4.69, 9.17) is 18.8 Å². The monoisotopic (exact) mass is 592 g/mol. The summed E-state index contributed by atoms with van der Waals surface area (Å²) in [5.74, 6) is 3.99. The Morgan fingerprint density at radius 2 is 1.60 bits per heavy atom. The molecule has 3 fully saturated rings. The number of nitrogens with zero attached hydrogens (tertiary/aromatic N) is 6. The lowest BCUT2D eigenvalue weighted by atomic mass is 9.88. The number of hydrogen-bond acceptors (Lipinski definition) is 10. The van der Waals surface area contributed by atoms with E-state index >= 15 is 0 Å². The van der Waals surface area contributed by atoms with Crippen LogP contribution < -0.4 is 9.80 Å². The molecule has 2 saturated carbocycles. The Hall–Kier alpha value is -2.06. The van der Waals surface area contributed by atoms with Gasteiger partial charge in [-0.3, -0.25) is 0 Å². The van der Waals surface area contributed by atoms with Gasteiger partial charge in [0.1, 0.15) is 11.6 Å². The number of hydrogen-bond donors (Lipinski definition) is 2. The Morgan fingerprint density at radius 3 is 2.12 bits per heavy atom. The van der Waals surface area contributed by atoms with Crippen LogP contribution in [0, 0.1) is 5.92 Å². The molecule has 1 saturated heterocycles. The molecule has 1 aliphatic heterocycles. The van der Waals surface area contributed by atoms with E-state index in [9.17, 15) is 0 Å². The van der Waals surface area contributed by atoms with Crippen molar-refractivity contribution in [3.8, 4) is 0 Å². The largest absolute Gasteiger partial charge is 0.357 e. The first-order chi connectivity index (χ1) is 19.5. The highest BCUT2D eigenvalue weighted by Crippen LogP contribution is 2.24. The van der Waals surface area contributed by atoms with Gasteiger partial charge in [0.05, 0.1) is 12.7 Å². The summed E-state index contributed by atoms with van der Waals surface area (Å²) in [4.78, 5) is 37.9.